The van der Waals surface area contributed by atoms with E-state index in [9.17, 15) is 8.42 Å². The second-order valence-electron chi connectivity index (χ2n) is 4.11. The molecular weight excluding hydrogens is 224 g/mol. The van der Waals surface area contributed by atoms with E-state index < -0.39 is 9.84 Å². The first kappa shape index (κ1) is 11.2. The van der Waals surface area contributed by atoms with Gasteiger partial charge in [0.2, 0.25) is 0 Å². The summed E-state index contributed by atoms with van der Waals surface area (Å²) in [6.45, 7) is 3.36. The Hall–Kier alpha value is -1.29. The molecule has 2 aromatic rings. The fraction of sp³-hybridized carbons (Fsp3) is 0.333. The summed E-state index contributed by atoms with van der Waals surface area (Å²) in [5.74, 6) is 0.481. The van der Waals surface area contributed by atoms with E-state index in [4.69, 9.17) is 4.42 Å². The molecule has 0 atom stereocenters. The van der Waals surface area contributed by atoms with Crippen LogP contribution in [0.25, 0.3) is 11.0 Å². The number of rotatable bonds is 3. The van der Waals surface area contributed by atoms with Crippen LogP contribution in [0.3, 0.4) is 0 Å². The molecule has 0 spiro atoms. The predicted octanol–water partition coefficient (Wildman–Crippen LogP) is 2.76. The Balaban J connectivity index is 2.36. The minimum Gasteiger partial charge on any atom is -0.460 e. The molecule has 16 heavy (non-hydrogen) atoms. The Morgan fingerprint density at radius 3 is 2.56 bits per heavy atom. The van der Waals surface area contributed by atoms with Crippen LogP contribution in [0, 0.1) is 0 Å². The quantitative estimate of drug-likeness (QED) is 0.826. The van der Waals surface area contributed by atoms with Crippen molar-refractivity contribution in [3.63, 3.8) is 0 Å². The molecule has 0 bridgehead atoms. The predicted molar refractivity (Wildman–Crippen MR) is 64.0 cm³/mol. The van der Waals surface area contributed by atoms with Gasteiger partial charge in [-0.3, -0.25) is 0 Å². The summed E-state index contributed by atoms with van der Waals surface area (Å²) < 4.78 is 28.9. The fourth-order valence-electron chi connectivity index (χ4n) is 1.47. The molecule has 0 unspecified atom stereocenters. The monoisotopic (exact) mass is 238 g/mol. The lowest BCUT2D eigenvalue weighted by atomic mass is 10.2. The van der Waals surface area contributed by atoms with Gasteiger partial charge in [-0.15, -0.1) is 0 Å². The third kappa shape index (κ3) is 2.11. The highest BCUT2D eigenvalue weighted by atomic mass is 32.2. The van der Waals surface area contributed by atoms with Gasteiger partial charge < -0.3 is 4.42 Å². The van der Waals surface area contributed by atoms with Crippen molar-refractivity contribution in [2.75, 3.05) is 0 Å². The van der Waals surface area contributed by atoms with E-state index in [2.05, 4.69) is 0 Å². The van der Waals surface area contributed by atoms with Gasteiger partial charge in [0.05, 0.1) is 5.25 Å². The van der Waals surface area contributed by atoms with Crippen LogP contribution in [0.5, 0.6) is 0 Å². The molecule has 0 radical (unpaired) electrons. The second-order valence-corrected chi connectivity index (χ2v) is 6.66. The Bertz CT molecular complexity index is 561. The average molecular weight is 238 g/mol. The lowest BCUT2D eigenvalue weighted by Gasteiger charge is -2.04. The molecule has 0 N–H and O–H groups in total. The van der Waals surface area contributed by atoms with Gasteiger partial charge in [-0.25, -0.2) is 8.42 Å². The van der Waals surface area contributed by atoms with Crippen molar-refractivity contribution >= 4 is 20.8 Å². The van der Waals surface area contributed by atoms with Crippen molar-refractivity contribution in [1.29, 1.82) is 0 Å². The van der Waals surface area contributed by atoms with Crippen molar-refractivity contribution in [2.45, 2.75) is 24.9 Å². The highest BCUT2D eigenvalue weighted by molar-refractivity contribution is 7.91. The number of sulfone groups is 1. The molecule has 0 aliphatic heterocycles. The van der Waals surface area contributed by atoms with Gasteiger partial charge in [-0.05, 0) is 26.0 Å². The Morgan fingerprint density at radius 2 is 1.94 bits per heavy atom. The third-order valence-electron chi connectivity index (χ3n) is 2.54. The molecule has 86 valence electrons. The number of hydrogen-bond donors (Lipinski definition) is 0. The maximum atomic E-state index is 11.7. The first-order chi connectivity index (χ1) is 7.49. The summed E-state index contributed by atoms with van der Waals surface area (Å²) in [5, 5.41) is 0.567. The highest BCUT2D eigenvalue weighted by Crippen LogP contribution is 2.21. The number of furan rings is 1. The first-order valence-electron chi connectivity index (χ1n) is 5.18. The van der Waals surface area contributed by atoms with Gasteiger partial charge in [0.1, 0.15) is 17.1 Å². The topological polar surface area (TPSA) is 47.3 Å². The highest BCUT2D eigenvalue weighted by Gasteiger charge is 2.19. The second kappa shape index (κ2) is 3.94. The van der Waals surface area contributed by atoms with E-state index in [1.807, 2.05) is 24.3 Å². The maximum absolute atomic E-state index is 11.7. The maximum Gasteiger partial charge on any atom is 0.159 e. The van der Waals surface area contributed by atoms with E-state index in [1.165, 1.54) is 0 Å². The molecule has 4 heteroatoms. The van der Waals surface area contributed by atoms with Crippen LogP contribution in [0.15, 0.2) is 34.7 Å². The van der Waals surface area contributed by atoms with E-state index in [0.29, 0.717) is 5.76 Å². The number of para-hydroxylation sites is 1. The van der Waals surface area contributed by atoms with Crippen LogP contribution < -0.4 is 0 Å². The lowest BCUT2D eigenvalue weighted by Crippen LogP contribution is -2.15. The van der Waals surface area contributed by atoms with E-state index in [-0.39, 0.29) is 11.0 Å². The van der Waals surface area contributed by atoms with Crippen LogP contribution in [0.4, 0.5) is 0 Å². The molecule has 0 saturated heterocycles. The largest absolute Gasteiger partial charge is 0.460 e. The zero-order valence-corrected chi connectivity index (χ0v) is 10.1. The molecule has 0 aliphatic rings. The first-order valence-corrected chi connectivity index (χ1v) is 6.89. The number of hydrogen-bond acceptors (Lipinski definition) is 3. The minimum atomic E-state index is -3.09. The van der Waals surface area contributed by atoms with Crippen molar-refractivity contribution < 1.29 is 12.8 Å². The van der Waals surface area contributed by atoms with Crippen LogP contribution in [0.1, 0.15) is 19.6 Å². The molecule has 0 aliphatic carbocycles. The van der Waals surface area contributed by atoms with Gasteiger partial charge in [-0.1, -0.05) is 18.2 Å². The Kier molecular flexibility index (Phi) is 2.76. The van der Waals surface area contributed by atoms with Crippen molar-refractivity contribution in [1.82, 2.24) is 0 Å². The number of benzene rings is 1. The van der Waals surface area contributed by atoms with Gasteiger partial charge in [0.25, 0.3) is 0 Å². The van der Waals surface area contributed by atoms with E-state index in [0.717, 1.165) is 11.0 Å². The van der Waals surface area contributed by atoms with E-state index >= 15 is 0 Å². The molecular formula is C12H14O3S. The molecule has 0 amide bonds. The SMILES string of the molecule is CC(C)S(=O)(=O)Cc1cc2ccccc2o1. The van der Waals surface area contributed by atoms with Gasteiger partial charge in [0, 0.05) is 5.39 Å². The average Bonchev–Trinajstić information content (AvgIpc) is 2.58. The molecule has 0 fully saturated rings. The molecule has 3 nitrogen and oxygen atoms in total. The number of fused-ring (bicyclic) bond motifs is 1. The van der Waals surface area contributed by atoms with Gasteiger partial charge in [0.15, 0.2) is 9.84 Å². The van der Waals surface area contributed by atoms with Crippen LogP contribution >= 0.6 is 0 Å². The summed E-state index contributed by atoms with van der Waals surface area (Å²) in [6.07, 6.45) is 0. The van der Waals surface area contributed by atoms with Crippen LogP contribution in [0.2, 0.25) is 0 Å². The smallest absolute Gasteiger partial charge is 0.159 e. The Labute approximate surface area is 95.0 Å². The van der Waals surface area contributed by atoms with Crippen molar-refractivity contribution in [3.8, 4) is 0 Å². The fourth-order valence-corrected chi connectivity index (χ4v) is 2.35. The Morgan fingerprint density at radius 1 is 1.25 bits per heavy atom. The van der Waals surface area contributed by atoms with Crippen LogP contribution in [-0.4, -0.2) is 13.7 Å². The molecule has 0 saturated carbocycles. The summed E-state index contributed by atoms with van der Waals surface area (Å²) in [7, 11) is -3.09. The zero-order chi connectivity index (χ0) is 11.8. The summed E-state index contributed by atoms with van der Waals surface area (Å²) in [5.41, 5.74) is 0.733. The van der Waals surface area contributed by atoms with Crippen LogP contribution in [-0.2, 0) is 15.6 Å². The molecule has 1 heterocycles. The zero-order valence-electron chi connectivity index (χ0n) is 9.30. The van der Waals surface area contributed by atoms with Crippen molar-refractivity contribution in [3.05, 3.63) is 36.1 Å². The summed E-state index contributed by atoms with van der Waals surface area (Å²) >= 11 is 0. The molecule has 1 aromatic carbocycles. The third-order valence-corrected chi connectivity index (χ3v) is 4.66. The van der Waals surface area contributed by atoms with Gasteiger partial charge in [-0.2, -0.15) is 0 Å². The normalized spacial score (nSPS) is 12.4. The summed E-state index contributed by atoms with van der Waals surface area (Å²) in [6, 6.07) is 9.30. The van der Waals surface area contributed by atoms with Gasteiger partial charge >= 0.3 is 0 Å². The lowest BCUT2D eigenvalue weighted by molar-refractivity contribution is 0.550. The molecule has 1 aromatic heterocycles. The standard InChI is InChI=1S/C12H14O3S/c1-9(2)16(13,14)8-11-7-10-5-3-4-6-12(10)15-11/h3-7,9H,8H2,1-2H3. The van der Waals surface area contributed by atoms with Crippen molar-refractivity contribution in [2.24, 2.45) is 0 Å². The van der Waals surface area contributed by atoms with E-state index in [1.54, 1.807) is 19.9 Å². The summed E-state index contributed by atoms with van der Waals surface area (Å²) in [4.78, 5) is 0. The minimum absolute atomic E-state index is 0.0284. The molecule has 2 rings (SSSR count).